The molecule has 0 fully saturated rings. The summed E-state index contributed by atoms with van der Waals surface area (Å²) in [6.07, 6.45) is 0. The molecule has 0 heterocycles. The number of benzene rings is 3. The number of carbonyl (C=O) groups excluding carboxylic acids is 1. The molecule has 0 atom stereocenters. The minimum atomic E-state index is -0.465. The van der Waals surface area contributed by atoms with Gasteiger partial charge in [0, 0.05) is 0 Å². The van der Waals surface area contributed by atoms with Gasteiger partial charge in [0.05, 0.1) is 15.6 Å². The number of rotatable bonds is 5. The molecule has 3 aromatic rings. The number of halogens is 2. The Hall–Kier alpha value is -2.49. The molecule has 0 aliphatic rings. The van der Waals surface area contributed by atoms with Gasteiger partial charge in [-0.25, -0.2) is 4.79 Å². The van der Waals surface area contributed by atoms with Crippen LogP contribution in [-0.2, 0) is 11.3 Å². The number of para-hydroxylation sites is 1. The van der Waals surface area contributed by atoms with Crippen LogP contribution in [0.3, 0.4) is 0 Å². The molecule has 0 aromatic heterocycles. The largest absolute Gasteiger partial charge is 0.457 e. The van der Waals surface area contributed by atoms with Gasteiger partial charge >= 0.3 is 5.97 Å². The number of carbonyl (C=O) groups is 1. The highest BCUT2D eigenvalue weighted by atomic mass is 35.5. The molecular weight excluding hydrogens is 359 g/mol. The van der Waals surface area contributed by atoms with Crippen molar-refractivity contribution in [3.05, 3.63) is 94.0 Å². The third-order valence-corrected chi connectivity index (χ3v) is 4.14. The van der Waals surface area contributed by atoms with E-state index < -0.39 is 5.97 Å². The molecular formula is C20H14Cl2O3. The Bertz CT molecular complexity index is 879. The summed E-state index contributed by atoms with van der Waals surface area (Å²) >= 11 is 11.8. The van der Waals surface area contributed by atoms with Crippen LogP contribution in [0.5, 0.6) is 11.5 Å². The maximum Gasteiger partial charge on any atom is 0.338 e. The molecule has 3 rings (SSSR count). The molecule has 0 amide bonds. The number of hydrogen-bond acceptors (Lipinski definition) is 3. The molecule has 0 aliphatic carbocycles. The molecule has 0 N–H and O–H groups in total. The molecule has 0 bridgehead atoms. The monoisotopic (exact) mass is 372 g/mol. The van der Waals surface area contributed by atoms with Crippen LogP contribution in [0.25, 0.3) is 0 Å². The van der Waals surface area contributed by atoms with Gasteiger partial charge in [-0.05, 0) is 48.0 Å². The Labute approximate surface area is 155 Å². The minimum Gasteiger partial charge on any atom is -0.457 e. The van der Waals surface area contributed by atoms with Gasteiger partial charge in [0.25, 0.3) is 0 Å². The number of esters is 1. The van der Waals surface area contributed by atoms with E-state index in [1.165, 1.54) is 6.07 Å². The molecule has 25 heavy (non-hydrogen) atoms. The van der Waals surface area contributed by atoms with Crippen LogP contribution in [0.1, 0.15) is 15.9 Å². The molecule has 0 saturated carbocycles. The summed E-state index contributed by atoms with van der Waals surface area (Å²) in [6, 6.07) is 21.5. The zero-order valence-electron chi connectivity index (χ0n) is 13.1. The maximum absolute atomic E-state index is 12.1. The van der Waals surface area contributed by atoms with Gasteiger partial charge in [-0.1, -0.05) is 53.5 Å². The fraction of sp³-hybridized carbons (Fsp3) is 0.0500. The van der Waals surface area contributed by atoms with E-state index in [9.17, 15) is 4.79 Å². The summed E-state index contributed by atoms with van der Waals surface area (Å²) in [5.41, 5.74) is 1.17. The van der Waals surface area contributed by atoms with E-state index in [1.807, 2.05) is 54.6 Å². The average Bonchev–Trinajstić information content (AvgIpc) is 2.63. The van der Waals surface area contributed by atoms with E-state index in [0.29, 0.717) is 21.4 Å². The Morgan fingerprint density at radius 3 is 2.32 bits per heavy atom. The normalized spacial score (nSPS) is 10.3. The Morgan fingerprint density at radius 2 is 1.56 bits per heavy atom. The average molecular weight is 373 g/mol. The van der Waals surface area contributed by atoms with Gasteiger partial charge in [0.2, 0.25) is 0 Å². The van der Waals surface area contributed by atoms with Crippen LogP contribution >= 0.6 is 23.2 Å². The van der Waals surface area contributed by atoms with Gasteiger partial charge in [0.1, 0.15) is 18.1 Å². The van der Waals surface area contributed by atoms with Crippen LogP contribution in [0.15, 0.2) is 72.8 Å². The molecule has 0 aliphatic heterocycles. The van der Waals surface area contributed by atoms with E-state index in [-0.39, 0.29) is 6.61 Å². The summed E-state index contributed by atoms with van der Waals surface area (Å²) in [6.45, 7) is 0.130. The van der Waals surface area contributed by atoms with Gasteiger partial charge in [-0.15, -0.1) is 0 Å². The van der Waals surface area contributed by atoms with Gasteiger partial charge in [-0.2, -0.15) is 0 Å². The Morgan fingerprint density at radius 1 is 0.800 bits per heavy atom. The lowest BCUT2D eigenvalue weighted by molar-refractivity contribution is 0.0472. The highest BCUT2D eigenvalue weighted by Gasteiger charge is 2.10. The first-order chi connectivity index (χ1) is 12.1. The molecule has 126 valence electrons. The van der Waals surface area contributed by atoms with Crippen LogP contribution < -0.4 is 4.74 Å². The molecule has 0 unspecified atom stereocenters. The predicted molar refractivity (Wildman–Crippen MR) is 98.5 cm³/mol. The lowest BCUT2D eigenvalue weighted by atomic mass is 10.2. The third-order valence-electron chi connectivity index (χ3n) is 3.40. The molecule has 3 aromatic carbocycles. The highest BCUT2D eigenvalue weighted by molar-refractivity contribution is 6.42. The van der Waals surface area contributed by atoms with Crippen LogP contribution in [0.2, 0.25) is 10.0 Å². The lowest BCUT2D eigenvalue weighted by Crippen LogP contribution is -2.05. The molecule has 5 heteroatoms. The van der Waals surface area contributed by atoms with Crippen molar-refractivity contribution in [2.24, 2.45) is 0 Å². The maximum atomic E-state index is 12.1. The second kappa shape index (κ2) is 8.06. The van der Waals surface area contributed by atoms with E-state index in [2.05, 4.69) is 0 Å². The smallest absolute Gasteiger partial charge is 0.338 e. The molecule has 0 spiro atoms. The second-order valence-corrected chi connectivity index (χ2v) is 6.08. The molecule has 0 radical (unpaired) electrons. The zero-order chi connectivity index (χ0) is 17.6. The first kappa shape index (κ1) is 17.3. The van der Waals surface area contributed by atoms with Crippen molar-refractivity contribution in [2.45, 2.75) is 6.61 Å². The van der Waals surface area contributed by atoms with Crippen molar-refractivity contribution in [3.8, 4) is 11.5 Å². The van der Waals surface area contributed by atoms with Crippen molar-refractivity contribution in [3.63, 3.8) is 0 Å². The Kier molecular flexibility index (Phi) is 5.59. The second-order valence-electron chi connectivity index (χ2n) is 5.27. The van der Waals surface area contributed by atoms with Crippen molar-refractivity contribution < 1.29 is 14.3 Å². The van der Waals surface area contributed by atoms with Crippen LogP contribution in [-0.4, -0.2) is 5.97 Å². The van der Waals surface area contributed by atoms with Gasteiger partial charge in [0.15, 0.2) is 0 Å². The summed E-state index contributed by atoms with van der Waals surface area (Å²) in [5.74, 6) is 0.953. The lowest BCUT2D eigenvalue weighted by Gasteiger charge is -2.09. The van der Waals surface area contributed by atoms with Crippen molar-refractivity contribution >= 4 is 29.2 Å². The quantitative estimate of drug-likeness (QED) is 0.504. The number of ether oxygens (including phenoxy) is 2. The summed E-state index contributed by atoms with van der Waals surface area (Å²) in [4.78, 5) is 12.1. The topological polar surface area (TPSA) is 35.5 Å². The minimum absolute atomic E-state index is 0.130. The third kappa shape index (κ3) is 4.75. The standard InChI is InChI=1S/C20H14Cl2O3/c21-18-10-9-15(12-19(18)22)20(23)24-13-14-5-4-8-17(11-14)25-16-6-2-1-3-7-16/h1-12H,13H2. The van der Waals surface area contributed by atoms with Crippen molar-refractivity contribution in [1.82, 2.24) is 0 Å². The van der Waals surface area contributed by atoms with E-state index >= 15 is 0 Å². The first-order valence-electron chi connectivity index (χ1n) is 7.56. The molecule has 3 nitrogen and oxygen atoms in total. The van der Waals surface area contributed by atoms with E-state index in [4.69, 9.17) is 32.7 Å². The number of hydrogen-bond donors (Lipinski definition) is 0. The summed E-state index contributed by atoms with van der Waals surface area (Å²) in [5, 5.41) is 0.707. The van der Waals surface area contributed by atoms with Gasteiger partial charge in [-0.3, -0.25) is 0 Å². The van der Waals surface area contributed by atoms with Crippen molar-refractivity contribution in [2.75, 3.05) is 0 Å². The fourth-order valence-electron chi connectivity index (χ4n) is 2.18. The predicted octanol–water partition coefficient (Wildman–Crippen LogP) is 6.14. The van der Waals surface area contributed by atoms with Crippen LogP contribution in [0, 0.1) is 0 Å². The summed E-state index contributed by atoms with van der Waals surface area (Å²) in [7, 11) is 0. The van der Waals surface area contributed by atoms with Gasteiger partial charge < -0.3 is 9.47 Å². The first-order valence-corrected chi connectivity index (χ1v) is 8.31. The molecule has 0 saturated heterocycles. The van der Waals surface area contributed by atoms with E-state index in [1.54, 1.807) is 12.1 Å². The van der Waals surface area contributed by atoms with Crippen molar-refractivity contribution in [1.29, 1.82) is 0 Å². The fourth-order valence-corrected chi connectivity index (χ4v) is 2.48. The SMILES string of the molecule is O=C(OCc1cccc(Oc2ccccc2)c1)c1ccc(Cl)c(Cl)c1. The zero-order valence-corrected chi connectivity index (χ0v) is 14.6. The Balaban J connectivity index is 1.64. The summed E-state index contributed by atoms with van der Waals surface area (Å²) < 4.78 is 11.1. The van der Waals surface area contributed by atoms with Crippen LogP contribution in [0.4, 0.5) is 0 Å². The highest BCUT2D eigenvalue weighted by Crippen LogP contribution is 2.24. The van der Waals surface area contributed by atoms with E-state index in [0.717, 1.165) is 11.3 Å².